The molecule has 6 heteroatoms. The van der Waals surface area contributed by atoms with Crippen molar-refractivity contribution in [1.82, 2.24) is 4.98 Å². The second-order valence-corrected chi connectivity index (χ2v) is 7.04. The normalized spacial score (nSPS) is 15.0. The summed E-state index contributed by atoms with van der Waals surface area (Å²) in [5.74, 6) is 1.01. The van der Waals surface area contributed by atoms with Gasteiger partial charge in [0.05, 0.1) is 18.4 Å². The van der Waals surface area contributed by atoms with Crippen LogP contribution in [0.2, 0.25) is 0 Å². The van der Waals surface area contributed by atoms with E-state index in [1.807, 2.05) is 0 Å². The Morgan fingerprint density at radius 2 is 2.07 bits per heavy atom. The van der Waals surface area contributed by atoms with E-state index in [1.54, 1.807) is 31.2 Å². The van der Waals surface area contributed by atoms with Crippen LogP contribution in [-0.2, 0) is 0 Å². The molecule has 27 heavy (non-hydrogen) atoms. The van der Waals surface area contributed by atoms with Crippen LogP contribution in [0.15, 0.2) is 36.5 Å². The number of ether oxygens (including phenoxy) is 1. The van der Waals surface area contributed by atoms with E-state index in [-0.39, 0.29) is 5.82 Å². The Bertz CT molecular complexity index is 771. The lowest BCUT2D eigenvalue weighted by molar-refractivity contribution is 0.0696. The van der Waals surface area contributed by atoms with Crippen LogP contribution < -0.4 is 9.64 Å². The average Bonchev–Trinajstić information content (AvgIpc) is 2.66. The Morgan fingerprint density at radius 3 is 2.70 bits per heavy atom. The number of carboxylic acids is 1. The minimum absolute atomic E-state index is 0.304. The Hall–Kier alpha value is -2.63. The zero-order valence-corrected chi connectivity index (χ0v) is 15.5. The molecule has 0 amide bonds. The molecule has 144 valence electrons. The third kappa shape index (κ3) is 5.18. The minimum Gasteiger partial charge on any atom is -0.494 e. The van der Waals surface area contributed by atoms with Crippen LogP contribution in [0.1, 0.15) is 41.6 Å². The molecule has 5 nitrogen and oxygen atoms in total. The molecule has 0 spiro atoms. The molecule has 1 saturated heterocycles. The summed E-state index contributed by atoms with van der Waals surface area (Å²) in [6.45, 7) is 4.30. The molecule has 0 atom stereocenters. The number of pyridine rings is 1. The SMILES string of the molecule is Cc1cc(OCCCC2CCN(c3ccc(F)cn3)CC2)ccc1C(=O)O. The van der Waals surface area contributed by atoms with Gasteiger partial charge in [-0.3, -0.25) is 0 Å². The van der Waals surface area contributed by atoms with Crippen LogP contribution in [-0.4, -0.2) is 35.8 Å². The molecule has 0 unspecified atom stereocenters. The highest BCUT2D eigenvalue weighted by Crippen LogP contribution is 2.25. The standard InChI is InChI=1S/C21H25FN2O3/c1-15-13-18(5-6-19(15)21(25)26)27-12-2-3-16-8-10-24(11-9-16)20-7-4-17(22)14-23-20/h4-7,13-14,16H,2-3,8-12H2,1H3,(H,25,26). The average molecular weight is 372 g/mol. The van der Waals surface area contributed by atoms with Crippen molar-refractivity contribution in [1.29, 1.82) is 0 Å². The van der Waals surface area contributed by atoms with Gasteiger partial charge in [-0.25, -0.2) is 14.2 Å². The highest BCUT2D eigenvalue weighted by atomic mass is 19.1. The van der Waals surface area contributed by atoms with Crippen molar-refractivity contribution in [3.8, 4) is 5.75 Å². The van der Waals surface area contributed by atoms with Crippen molar-refractivity contribution in [2.24, 2.45) is 5.92 Å². The van der Waals surface area contributed by atoms with Gasteiger partial charge in [-0.15, -0.1) is 0 Å². The monoisotopic (exact) mass is 372 g/mol. The summed E-state index contributed by atoms with van der Waals surface area (Å²) in [6, 6.07) is 8.27. The Labute approximate surface area is 158 Å². The fourth-order valence-electron chi connectivity index (χ4n) is 3.53. The molecule has 1 aromatic carbocycles. The zero-order chi connectivity index (χ0) is 19.2. The molecule has 2 heterocycles. The third-order valence-corrected chi connectivity index (χ3v) is 5.10. The molecule has 1 aliphatic heterocycles. The second-order valence-electron chi connectivity index (χ2n) is 7.04. The number of anilines is 1. The summed E-state index contributed by atoms with van der Waals surface area (Å²) >= 11 is 0. The van der Waals surface area contributed by atoms with E-state index in [0.29, 0.717) is 23.7 Å². The fourth-order valence-corrected chi connectivity index (χ4v) is 3.53. The van der Waals surface area contributed by atoms with Crippen molar-refractivity contribution >= 4 is 11.8 Å². The predicted molar refractivity (Wildman–Crippen MR) is 102 cm³/mol. The van der Waals surface area contributed by atoms with Crippen LogP contribution in [0.4, 0.5) is 10.2 Å². The van der Waals surface area contributed by atoms with Crippen LogP contribution >= 0.6 is 0 Å². The maximum atomic E-state index is 13.0. The van der Waals surface area contributed by atoms with E-state index in [4.69, 9.17) is 9.84 Å². The number of hydrogen-bond acceptors (Lipinski definition) is 4. The van der Waals surface area contributed by atoms with Gasteiger partial charge in [0.1, 0.15) is 17.4 Å². The number of carbonyl (C=O) groups is 1. The number of benzene rings is 1. The van der Waals surface area contributed by atoms with Crippen molar-refractivity contribution in [3.63, 3.8) is 0 Å². The number of nitrogens with zero attached hydrogens (tertiary/aromatic N) is 2. The molecule has 0 radical (unpaired) electrons. The Kier molecular flexibility index (Phi) is 6.27. The number of aromatic carboxylic acids is 1. The van der Waals surface area contributed by atoms with Crippen LogP contribution in [0.25, 0.3) is 0 Å². The van der Waals surface area contributed by atoms with E-state index in [0.717, 1.165) is 50.3 Å². The molecule has 0 aliphatic carbocycles. The number of aryl methyl sites for hydroxylation is 1. The van der Waals surface area contributed by atoms with Gasteiger partial charge in [-0.1, -0.05) is 0 Å². The Morgan fingerprint density at radius 1 is 1.30 bits per heavy atom. The van der Waals surface area contributed by atoms with E-state index >= 15 is 0 Å². The van der Waals surface area contributed by atoms with Gasteiger partial charge in [0.15, 0.2) is 0 Å². The van der Waals surface area contributed by atoms with Crippen LogP contribution in [0, 0.1) is 18.7 Å². The number of aromatic nitrogens is 1. The summed E-state index contributed by atoms with van der Waals surface area (Å²) in [4.78, 5) is 17.4. The summed E-state index contributed by atoms with van der Waals surface area (Å²) in [5.41, 5.74) is 1.02. The largest absolute Gasteiger partial charge is 0.494 e. The predicted octanol–water partition coefficient (Wildman–Crippen LogP) is 4.30. The van der Waals surface area contributed by atoms with Crippen molar-refractivity contribution in [2.75, 3.05) is 24.6 Å². The molecular formula is C21H25FN2O3. The van der Waals surface area contributed by atoms with Gasteiger partial charge in [-0.05, 0) is 74.4 Å². The van der Waals surface area contributed by atoms with Gasteiger partial charge in [0.2, 0.25) is 0 Å². The zero-order valence-electron chi connectivity index (χ0n) is 15.5. The first kappa shape index (κ1) is 19.1. The quantitative estimate of drug-likeness (QED) is 0.734. The molecule has 1 fully saturated rings. The topological polar surface area (TPSA) is 62.7 Å². The first-order valence-corrected chi connectivity index (χ1v) is 9.36. The van der Waals surface area contributed by atoms with Gasteiger partial charge in [0.25, 0.3) is 0 Å². The molecule has 0 saturated carbocycles. The van der Waals surface area contributed by atoms with Gasteiger partial charge in [0, 0.05) is 13.1 Å². The molecule has 1 N–H and O–H groups in total. The molecule has 3 rings (SSSR count). The number of rotatable bonds is 7. The van der Waals surface area contributed by atoms with E-state index in [9.17, 15) is 9.18 Å². The molecule has 1 aliphatic rings. The van der Waals surface area contributed by atoms with E-state index in [1.165, 1.54) is 12.3 Å². The number of piperidine rings is 1. The number of carboxylic acid groups (broad SMARTS) is 1. The molecular weight excluding hydrogens is 347 g/mol. The van der Waals surface area contributed by atoms with Crippen molar-refractivity contribution in [2.45, 2.75) is 32.6 Å². The third-order valence-electron chi connectivity index (χ3n) is 5.10. The van der Waals surface area contributed by atoms with E-state index in [2.05, 4.69) is 9.88 Å². The van der Waals surface area contributed by atoms with Crippen molar-refractivity contribution < 1.29 is 19.0 Å². The first-order chi connectivity index (χ1) is 13.0. The fraction of sp³-hybridized carbons (Fsp3) is 0.429. The van der Waals surface area contributed by atoms with Gasteiger partial charge < -0.3 is 14.7 Å². The minimum atomic E-state index is -0.916. The maximum absolute atomic E-state index is 13.0. The molecule has 2 aromatic rings. The number of halogens is 1. The summed E-state index contributed by atoms with van der Waals surface area (Å²) in [7, 11) is 0. The van der Waals surface area contributed by atoms with Gasteiger partial charge in [-0.2, -0.15) is 0 Å². The van der Waals surface area contributed by atoms with Crippen molar-refractivity contribution in [3.05, 3.63) is 53.5 Å². The van der Waals surface area contributed by atoms with Gasteiger partial charge >= 0.3 is 5.97 Å². The summed E-state index contributed by atoms with van der Waals surface area (Å²) in [5, 5.41) is 9.05. The summed E-state index contributed by atoms with van der Waals surface area (Å²) < 4.78 is 18.7. The Balaban J connectivity index is 1.37. The van der Waals surface area contributed by atoms with Crippen LogP contribution in [0.5, 0.6) is 5.75 Å². The highest BCUT2D eigenvalue weighted by Gasteiger charge is 2.20. The lowest BCUT2D eigenvalue weighted by Crippen LogP contribution is -2.34. The number of hydrogen-bond donors (Lipinski definition) is 1. The first-order valence-electron chi connectivity index (χ1n) is 9.36. The molecule has 0 bridgehead atoms. The van der Waals surface area contributed by atoms with Crippen LogP contribution in [0.3, 0.4) is 0 Å². The smallest absolute Gasteiger partial charge is 0.335 e. The summed E-state index contributed by atoms with van der Waals surface area (Å²) in [6.07, 6.45) is 5.55. The highest BCUT2D eigenvalue weighted by molar-refractivity contribution is 5.89. The second kappa shape index (κ2) is 8.84. The maximum Gasteiger partial charge on any atom is 0.335 e. The van der Waals surface area contributed by atoms with E-state index < -0.39 is 5.97 Å². The lowest BCUT2D eigenvalue weighted by Gasteiger charge is -2.32. The lowest BCUT2D eigenvalue weighted by atomic mass is 9.92. The molecule has 1 aromatic heterocycles.